The molecule has 0 bridgehead atoms. The average molecular weight is 217 g/mol. The predicted octanol–water partition coefficient (Wildman–Crippen LogP) is 2.83. The molecule has 0 radical (unpaired) electrons. The standard InChI is InChI=1S/C10H10F3NO/c11-10(12,13)6-1-4-8(14)9(5-6)15-7-2-3-7/h1,4-5,7H,2-3,14H2. The van der Waals surface area contributed by atoms with Crippen LogP contribution >= 0.6 is 0 Å². The van der Waals surface area contributed by atoms with Gasteiger partial charge in [0.1, 0.15) is 5.75 Å². The van der Waals surface area contributed by atoms with Gasteiger partial charge < -0.3 is 10.5 Å². The molecule has 15 heavy (non-hydrogen) atoms. The second-order valence-electron chi connectivity index (χ2n) is 3.57. The topological polar surface area (TPSA) is 35.2 Å². The van der Waals surface area contributed by atoms with E-state index in [0.29, 0.717) is 0 Å². The van der Waals surface area contributed by atoms with Gasteiger partial charge in [-0.3, -0.25) is 0 Å². The number of halogens is 3. The van der Waals surface area contributed by atoms with Gasteiger partial charge in [0.25, 0.3) is 0 Å². The summed E-state index contributed by atoms with van der Waals surface area (Å²) >= 11 is 0. The van der Waals surface area contributed by atoms with Gasteiger partial charge in [0.15, 0.2) is 0 Å². The van der Waals surface area contributed by atoms with Crippen LogP contribution < -0.4 is 10.5 Å². The van der Waals surface area contributed by atoms with Gasteiger partial charge in [-0.25, -0.2) is 0 Å². The summed E-state index contributed by atoms with van der Waals surface area (Å²) in [5, 5.41) is 0. The molecule has 0 heterocycles. The fourth-order valence-corrected chi connectivity index (χ4v) is 1.18. The van der Waals surface area contributed by atoms with Crippen molar-refractivity contribution in [3.05, 3.63) is 23.8 Å². The van der Waals surface area contributed by atoms with E-state index in [2.05, 4.69) is 0 Å². The molecular formula is C10H10F3NO. The second kappa shape index (κ2) is 3.32. The molecule has 0 spiro atoms. The van der Waals surface area contributed by atoms with Crippen LogP contribution in [0.15, 0.2) is 18.2 Å². The lowest BCUT2D eigenvalue weighted by Crippen LogP contribution is -2.07. The zero-order valence-electron chi connectivity index (χ0n) is 7.84. The summed E-state index contributed by atoms with van der Waals surface area (Å²) in [6.45, 7) is 0. The Bertz CT molecular complexity index is 371. The molecule has 0 unspecified atom stereocenters. The van der Waals surface area contributed by atoms with E-state index < -0.39 is 11.7 Å². The van der Waals surface area contributed by atoms with Gasteiger partial charge in [-0.2, -0.15) is 13.2 Å². The van der Waals surface area contributed by atoms with Crippen molar-refractivity contribution in [1.82, 2.24) is 0 Å². The van der Waals surface area contributed by atoms with Gasteiger partial charge in [-0.1, -0.05) is 0 Å². The number of nitrogen functional groups attached to an aromatic ring is 1. The molecule has 1 aromatic rings. The zero-order chi connectivity index (χ0) is 11.1. The highest BCUT2D eigenvalue weighted by Gasteiger charge is 2.32. The van der Waals surface area contributed by atoms with E-state index in [9.17, 15) is 13.2 Å². The number of anilines is 1. The Kier molecular flexibility index (Phi) is 2.25. The van der Waals surface area contributed by atoms with Gasteiger partial charge in [-0.15, -0.1) is 0 Å². The Morgan fingerprint density at radius 2 is 1.93 bits per heavy atom. The maximum Gasteiger partial charge on any atom is 0.416 e. The van der Waals surface area contributed by atoms with Crippen molar-refractivity contribution in [2.45, 2.75) is 25.1 Å². The minimum atomic E-state index is -4.35. The Morgan fingerprint density at radius 1 is 1.27 bits per heavy atom. The molecule has 1 aliphatic carbocycles. The minimum Gasteiger partial charge on any atom is -0.488 e. The van der Waals surface area contributed by atoms with Crippen molar-refractivity contribution in [3.8, 4) is 5.75 Å². The van der Waals surface area contributed by atoms with E-state index in [1.54, 1.807) is 0 Å². The summed E-state index contributed by atoms with van der Waals surface area (Å²) < 4.78 is 42.3. The Hall–Kier alpha value is -1.39. The van der Waals surface area contributed by atoms with Crippen LogP contribution in [0.25, 0.3) is 0 Å². The molecule has 1 fully saturated rings. The van der Waals surface area contributed by atoms with E-state index in [1.165, 1.54) is 6.07 Å². The number of benzene rings is 1. The van der Waals surface area contributed by atoms with Crippen molar-refractivity contribution in [3.63, 3.8) is 0 Å². The highest BCUT2D eigenvalue weighted by atomic mass is 19.4. The predicted molar refractivity (Wildman–Crippen MR) is 49.5 cm³/mol. The van der Waals surface area contributed by atoms with E-state index in [1.807, 2.05) is 0 Å². The highest BCUT2D eigenvalue weighted by Crippen LogP contribution is 2.36. The number of rotatable bonds is 2. The number of ether oxygens (including phenoxy) is 1. The van der Waals surface area contributed by atoms with Crippen LogP contribution in [0.4, 0.5) is 18.9 Å². The van der Waals surface area contributed by atoms with Crippen molar-refractivity contribution >= 4 is 5.69 Å². The normalized spacial score (nSPS) is 16.5. The average Bonchev–Trinajstić information content (AvgIpc) is 2.90. The molecule has 0 atom stereocenters. The Balaban J connectivity index is 2.27. The molecule has 1 aliphatic rings. The van der Waals surface area contributed by atoms with Crippen LogP contribution in [-0.4, -0.2) is 6.10 Å². The Morgan fingerprint density at radius 3 is 2.47 bits per heavy atom. The lowest BCUT2D eigenvalue weighted by Gasteiger charge is -2.11. The summed E-state index contributed by atoms with van der Waals surface area (Å²) in [7, 11) is 0. The summed E-state index contributed by atoms with van der Waals surface area (Å²) in [6.07, 6.45) is -2.54. The first kappa shape index (κ1) is 10.1. The molecule has 0 amide bonds. The highest BCUT2D eigenvalue weighted by molar-refractivity contribution is 5.54. The van der Waals surface area contributed by atoms with Crippen molar-refractivity contribution in [2.24, 2.45) is 0 Å². The maximum atomic E-state index is 12.4. The lowest BCUT2D eigenvalue weighted by atomic mass is 10.2. The molecule has 0 aliphatic heterocycles. The quantitative estimate of drug-likeness (QED) is 0.773. The monoisotopic (exact) mass is 217 g/mol. The summed E-state index contributed by atoms with van der Waals surface area (Å²) in [6, 6.07) is 3.13. The van der Waals surface area contributed by atoms with Gasteiger partial charge in [0.05, 0.1) is 17.4 Å². The molecular weight excluding hydrogens is 207 g/mol. The summed E-state index contributed by atoms with van der Waals surface area (Å²) in [4.78, 5) is 0. The van der Waals surface area contributed by atoms with Gasteiger partial charge >= 0.3 is 6.18 Å². The van der Waals surface area contributed by atoms with Crippen LogP contribution in [0.5, 0.6) is 5.75 Å². The first-order valence-electron chi connectivity index (χ1n) is 4.60. The fourth-order valence-electron chi connectivity index (χ4n) is 1.18. The van der Waals surface area contributed by atoms with Crippen LogP contribution in [0, 0.1) is 0 Å². The summed E-state index contributed by atoms with van der Waals surface area (Å²) in [5.41, 5.74) is 5.03. The molecule has 2 rings (SSSR count). The Labute approximate surface area is 84.8 Å². The minimum absolute atomic E-state index is 0.0378. The van der Waals surface area contributed by atoms with Gasteiger partial charge in [0.2, 0.25) is 0 Å². The van der Waals surface area contributed by atoms with E-state index in [-0.39, 0.29) is 17.5 Å². The molecule has 1 aromatic carbocycles. The van der Waals surface area contributed by atoms with Crippen LogP contribution in [0.3, 0.4) is 0 Å². The number of hydrogen-bond donors (Lipinski definition) is 1. The van der Waals surface area contributed by atoms with E-state index in [4.69, 9.17) is 10.5 Å². The third-order valence-electron chi connectivity index (χ3n) is 2.16. The van der Waals surface area contributed by atoms with Gasteiger partial charge in [0, 0.05) is 0 Å². The largest absolute Gasteiger partial charge is 0.488 e. The number of nitrogens with two attached hydrogens (primary N) is 1. The molecule has 5 heteroatoms. The zero-order valence-corrected chi connectivity index (χ0v) is 7.84. The molecule has 1 saturated carbocycles. The van der Waals surface area contributed by atoms with Crippen LogP contribution in [-0.2, 0) is 6.18 Å². The maximum absolute atomic E-state index is 12.4. The van der Waals surface area contributed by atoms with E-state index >= 15 is 0 Å². The summed E-state index contributed by atoms with van der Waals surface area (Å²) in [5.74, 6) is 0.132. The first-order chi connectivity index (χ1) is 6.97. The third kappa shape index (κ3) is 2.34. The number of hydrogen-bond acceptors (Lipinski definition) is 2. The fraction of sp³-hybridized carbons (Fsp3) is 0.400. The second-order valence-corrected chi connectivity index (χ2v) is 3.57. The molecule has 2 N–H and O–H groups in total. The van der Waals surface area contributed by atoms with Crippen molar-refractivity contribution < 1.29 is 17.9 Å². The molecule has 0 aromatic heterocycles. The van der Waals surface area contributed by atoms with Gasteiger partial charge in [-0.05, 0) is 31.0 Å². The molecule has 0 saturated heterocycles. The third-order valence-corrected chi connectivity index (χ3v) is 2.16. The van der Waals surface area contributed by atoms with Crippen molar-refractivity contribution in [1.29, 1.82) is 0 Å². The number of alkyl halides is 3. The molecule has 2 nitrogen and oxygen atoms in total. The smallest absolute Gasteiger partial charge is 0.416 e. The van der Waals surface area contributed by atoms with E-state index in [0.717, 1.165) is 25.0 Å². The first-order valence-corrected chi connectivity index (χ1v) is 4.60. The molecule has 82 valence electrons. The SMILES string of the molecule is Nc1ccc(C(F)(F)F)cc1OC1CC1. The van der Waals surface area contributed by atoms with Crippen LogP contribution in [0.1, 0.15) is 18.4 Å². The van der Waals surface area contributed by atoms with Crippen LogP contribution in [0.2, 0.25) is 0 Å². The lowest BCUT2D eigenvalue weighted by molar-refractivity contribution is -0.137. The van der Waals surface area contributed by atoms with Crippen molar-refractivity contribution in [2.75, 3.05) is 5.73 Å².